The van der Waals surface area contributed by atoms with E-state index in [-0.39, 0.29) is 23.8 Å². The van der Waals surface area contributed by atoms with Crippen LogP contribution in [0.3, 0.4) is 0 Å². The normalized spacial score (nSPS) is 24.6. The van der Waals surface area contributed by atoms with Gasteiger partial charge in [-0.1, -0.05) is 30.3 Å². The summed E-state index contributed by atoms with van der Waals surface area (Å²) < 4.78 is 38.6. The molecule has 28 heavy (non-hydrogen) atoms. The van der Waals surface area contributed by atoms with Crippen LogP contribution in [-0.2, 0) is 4.74 Å². The molecule has 1 N–H and O–H groups in total. The van der Waals surface area contributed by atoms with Crippen LogP contribution in [0, 0.1) is 11.6 Å². The number of nitrogens with zero attached hydrogens (tertiary/aromatic N) is 1. The molecule has 0 saturated carbocycles. The number of hydrogen-bond donors (Lipinski definition) is 1. The Balaban J connectivity index is 1.41. The van der Waals surface area contributed by atoms with E-state index in [9.17, 15) is 13.6 Å². The number of hydrogen-bond acceptors (Lipinski definition) is 4. The lowest BCUT2D eigenvalue weighted by molar-refractivity contribution is -0.0502. The van der Waals surface area contributed by atoms with Crippen LogP contribution in [0.15, 0.2) is 42.5 Å². The maximum atomic E-state index is 14.3. The Morgan fingerprint density at radius 3 is 2.71 bits per heavy atom. The van der Waals surface area contributed by atoms with Crippen molar-refractivity contribution in [3.63, 3.8) is 0 Å². The van der Waals surface area contributed by atoms with Crippen LogP contribution in [0.1, 0.15) is 28.4 Å². The van der Waals surface area contributed by atoms with E-state index in [2.05, 4.69) is 10.2 Å². The highest BCUT2D eigenvalue weighted by Crippen LogP contribution is 2.30. The quantitative estimate of drug-likeness (QED) is 0.875. The summed E-state index contributed by atoms with van der Waals surface area (Å²) in [5, 5.41) is 2.86. The van der Waals surface area contributed by atoms with Gasteiger partial charge in [-0.25, -0.2) is 8.78 Å². The molecule has 2 heterocycles. The van der Waals surface area contributed by atoms with Gasteiger partial charge < -0.3 is 14.8 Å². The number of fused-ring (bicyclic) bond motifs is 1. The predicted molar refractivity (Wildman–Crippen MR) is 99.3 cm³/mol. The lowest BCUT2D eigenvalue weighted by atomic mass is 10.1. The largest absolute Gasteiger partial charge is 0.491 e. The minimum Gasteiger partial charge on any atom is -0.491 e. The second-order valence-electron chi connectivity index (χ2n) is 7.19. The number of benzene rings is 2. The maximum Gasteiger partial charge on any atom is 0.254 e. The van der Waals surface area contributed by atoms with E-state index in [0.29, 0.717) is 13.2 Å². The first kappa shape index (κ1) is 18.8. The average molecular weight is 388 g/mol. The SMILES string of the molecule is COc1c(F)ccc(C(=O)N[C@H]2C[C@H]3CO[C@@H](c4ccccc4)CN3C2)c1F. The third kappa shape index (κ3) is 3.59. The molecule has 2 aromatic carbocycles. The molecular formula is C21H22F2N2O3. The molecule has 0 aliphatic carbocycles. The van der Waals surface area contributed by atoms with Crippen LogP contribution in [0.2, 0.25) is 0 Å². The zero-order chi connectivity index (χ0) is 19.7. The number of halogens is 2. The van der Waals surface area contributed by atoms with Gasteiger partial charge in [-0.05, 0) is 24.1 Å². The molecule has 2 aromatic rings. The standard InChI is InChI=1S/C21H22F2N2O3/c1-27-20-17(22)8-7-16(19(20)23)21(26)24-14-9-15-12-28-18(11-25(15)10-14)13-5-3-2-4-6-13/h2-8,14-15,18H,9-12H2,1H3,(H,24,26)/t14-,15-,18+/m0/s1. The van der Waals surface area contributed by atoms with Gasteiger partial charge in [0.2, 0.25) is 0 Å². The fourth-order valence-electron chi connectivity index (χ4n) is 4.01. The molecule has 148 valence electrons. The van der Waals surface area contributed by atoms with Crippen LogP contribution in [0.5, 0.6) is 5.75 Å². The van der Waals surface area contributed by atoms with Gasteiger partial charge in [-0.15, -0.1) is 0 Å². The third-order valence-corrected chi connectivity index (χ3v) is 5.42. The minimum atomic E-state index is -0.983. The molecular weight excluding hydrogens is 366 g/mol. The predicted octanol–water partition coefficient (Wildman–Crippen LogP) is 2.92. The number of ether oxygens (including phenoxy) is 2. The number of amides is 1. The van der Waals surface area contributed by atoms with E-state index in [1.165, 1.54) is 7.11 Å². The first-order chi connectivity index (χ1) is 13.6. The number of carbonyl (C=O) groups excluding carboxylic acids is 1. The summed E-state index contributed by atoms with van der Waals surface area (Å²) in [7, 11) is 1.17. The second-order valence-corrected chi connectivity index (χ2v) is 7.19. The molecule has 0 spiro atoms. The Labute approximate surface area is 162 Å². The van der Waals surface area contributed by atoms with Gasteiger partial charge in [-0.2, -0.15) is 0 Å². The Hall–Kier alpha value is -2.51. The van der Waals surface area contributed by atoms with Gasteiger partial charge in [-0.3, -0.25) is 9.69 Å². The molecule has 2 aliphatic heterocycles. The first-order valence-corrected chi connectivity index (χ1v) is 9.30. The molecule has 0 unspecified atom stereocenters. The van der Waals surface area contributed by atoms with Gasteiger partial charge in [0.25, 0.3) is 5.91 Å². The monoisotopic (exact) mass is 388 g/mol. The summed E-state index contributed by atoms with van der Waals surface area (Å²) in [6.45, 7) is 2.01. The fourth-order valence-corrected chi connectivity index (χ4v) is 4.01. The van der Waals surface area contributed by atoms with Crippen molar-refractivity contribution in [1.82, 2.24) is 10.2 Å². The van der Waals surface area contributed by atoms with Crippen LogP contribution in [-0.4, -0.2) is 49.7 Å². The summed E-state index contributed by atoms with van der Waals surface area (Å²) in [4.78, 5) is 14.8. The van der Waals surface area contributed by atoms with Crippen molar-refractivity contribution in [2.45, 2.75) is 24.6 Å². The summed E-state index contributed by atoms with van der Waals surface area (Å²) in [5.41, 5.74) is 0.912. The summed E-state index contributed by atoms with van der Waals surface area (Å²) >= 11 is 0. The van der Waals surface area contributed by atoms with Gasteiger partial charge in [0.1, 0.15) is 0 Å². The molecule has 3 atom stereocenters. The van der Waals surface area contributed by atoms with E-state index >= 15 is 0 Å². The van der Waals surface area contributed by atoms with E-state index in [1.807, 2.05) is 30.3 Å². The van der Waals surface area contributed by atoms with E-state index < -0.39 is 23.3 Å². The van der Waals surface area contributed by atoms with E-state index in [0.717, 1.165) is 30.7 Å². The Bertz CT molecular complexity index is 862. The molecule has 0 radical (unpaired) electrons. The highest BCUT2D eigenvalue weighted by Gasteiger charge is 2.38. The summed E-state index contributed by atoms with van der Waals surface area (Å²) in [5.74, 6) is -2.93. The molecule has 0 aromatic heterocycles. The van der Waals surface area contributed by atoms with Crippen molar-refractivity contribution in [2.24, 2.45) is 0 Å². The smallest absolute Gasteiger partial charge is 0.254 e. The van der Waals surface area contributed by atoms with Crippen molar-refractivity contribution in [1.29, 1.82) is 0 Å². The van der Waals surface area contributed by atoms with Crippen LogP contribution in [0.25, 0.3) is 0 Å². The second kappa shape index (κ2) is 7.85. The number of carbonyl (C=O) groups is 1. The highest BCUT2D eigenvalue weighted by molar-refractivity contribution is 5.95. The van der Waals surface area contributed by atoms with Crippen molar-refractivity contribution in [3.05, 3.63) is 65.2 Å². The molecule has 7 heteroatoms. The van der Waals surface area contributed by atoms with Crippen LogP contribution in [0.4, 0.5) is 8.78 Å². The Kier molecular flexibility index (Phi) is 5.28. The number of rotatable bonds is 4. The third-order valence-electron chi connectivity index (χ3n) is 5.42. The van der Waals surface area contributed by atoms with Crippen molar-refractivity contribution in [2.75, 3.05) is 26.8 Å². The zero-order valence-corrected chi connectivity index (χ0v) is 15.5. The van der Waals surface area contributed by atoms with Crippen molar-refractivity contribution in [3.8, 4) is 5.75 Å². The Morgan fingerprint density at radius 1 is 1.18 bits per heavy atom. The lowest BCUT2D eigenvalue weighted by Gasteiger charge is -2.35. The van der Waals surface area contributed by atoms with Gasteiger partial charge in [0.05, 0.1) is 25.4 Å². The summed E-state index contributed by atoms with van der Waals surface area (Å²) in [6.07, 6.45) is 0.735. The molecule has 2 saturated heterocycles. The van der Waals surface area contributed by atoms with Crippen LogP contribution >= 0.6 is 0 Å². The van der Waals surface area contributed by atoms with Crippen LogP contribution < -0.4 is 10.1 Å². The number of nitrogens with one attached hydrogen (secondary N) is 1. The van der Waals surface area contributed by atoms with Gasteiger partial charge in [0, 0.05) is 25.2 Å². The van der Waals surface area contributed by atoms with Crippen molar-refractivity contribution >= 4 is 5.91 Å². The number of morpholine rings is 1. The zero-order valence-electron chi connectivity index (χ0n) is 15.5. The topological polar surface area (TPSA) is 50.8 Å². The lowest BCUT2D eigenvalue weighted by Crippen LogP contribution is -2.43. The molecule has 0 bridgehead atoms. The summed E-state index contributed by atoms with van der Waals surface area (Å²) in [6, 6.07) is 12.3. The maximum absolute atomic E-state index is 14.3. The molecule has 5 nitrogen and oxygen atoms in total. The molecule has 2 aliphatic rings. The average Bonchev–Trinajstić information content (AvgIpc) is 3.10. The first-order valence-electron chi connectivity index (χ1n) is 9.30. The fraction of sp³-hybridized carbons (Fsp3) is 0.381. The number of methoxy groups -OCH3 is 1. The molecule has 4 rings (SSSR count). The van der Waals surface area contributed by atoms with E-state index in [1.54, 1.807) is 0 Å². The molecule has 1 amide bonds. The van der Waals surface area contributed by atoms with E-state index in [4.69, 9.17) is 9.47 Å². The highest BCUT2D eigenvalue weighted by atomic mass is 19.1. The Morgan fingerprint density at radius 2 is 1.96 bits per heavy atom. The minimum absolute atomic E-state index is 0.00528. The van der Waals surface area contributed by atoms with Gasteiger partial charge >= 0.3 is 0 Å². The molecule has 2 fully saturated rings. The van der Waals surface area contributed by atoms with Crippen molar-refractivity contribution < 1.29 is 23.0 Å². The van der Waals surface area contributed by atoms with Gasteiger partial charge in [0.15, 0.2) is 17.4 Å².